The van der Waals surface area contributed by atoms with Crippen LogP contribution in [0.4, 0.5) is 5.69 Å². The number of rotatable bonds is 7. The van der Waals surface area contributed by atoms with Gasteiger partial charge in [-0.2, -0.15) is 0 Å². The number of ether oxygens (including phenoxy) is 1. The monoisotopic (exact) mass is 428 g/mol. The summed E-state index contributed by atoms with van der Waals surface area (Å²) in [4.78, 5) is 17.1. The lowest BCUT2D eigenvalue weighted by atomic mass is 10.0. The Hall–Kier alpha value is -3.45. The van der Waals surface area contributed by atoms with E-state index in [0.29, 0.717) is 35.4 Å². The van der Waals surface area contributed by atoms with Crippen molar-refractivity contribution in [3.8, 4) is 28.3 Å². The molecule has 1 heterocycles. The van der Waals surface area contributed by atoms with E-state index < -0.39 is 0 Å². The van der Waals surface area contributed by atoms with Gasteiger partial charge in [-0.25, -0.2) is 4.98 Å². The lowest BCUT2D eigenvalue weighted by molar-refractivity contribution is -0.115. The normalized spacial score (nSPS) is 11.4. The first-order valence-electron chi connectivity index (χ1n) is 10.2. The Balaban J connectivity index is 1.26. The number of carbonyl (C=O) groups is 1. The first-order chi connectivity index (χ1) is 15.2. The van der Waals surface area contributed by atoms with Crippen LogP contribution in [-0.2, 0) is 4.79 Å². The summed E-state index contributed by atoms with van der Waals surface area (Å²) in [5.74, 6) is 1.15. The van der Waals surface area contributed by atoms with Crippen molar-refractivity contribution < 1.29 is 9.53 Å². The Morgan fingerprint density at radius 2 is 1.74 bits per heavy atom. The van der Waals surface area contributed by atoms with Gasteiger partial charge in [-0.3, -0.25) is 4.79 Å². The van der Waals surface area contributed by atoms with E-state index in [1.807, 2.05) is 43.3 Å². The number of anilines is 1. The largest absolute Gasteiger partial charge is 0.492 e. The van der Waals surface area contributed by atoms with Crippen LogP contribution in [0.5, 0.6) is 5.75 Å². The molecule has 1 aromatic heterocycles. The molecular formula is C24H20N4O2S. The van der Waals surface area contributed by atoms with E-state index in [4.69, 9.17) is 9.72 Å². The SMILES string of the molecule is CCOc1ccccc1NC(=O)CCSc1nnc2c(n1)-c1cccc3cccc-2c13. The first kappa shape index (κ1) is 19.5. The van der Waals surface area contributed by atoms with Crippen LogP contribution in [0, 0.1) is 0 Å². The third-order valence-corrected chi connectivity index (χ3v) is 5.94. The minimum absolute atomic E-state index is 0.0778. The number of benzene rings is 3. The maximum atomic E-state index is 12.4. The van der Waals surface area contributed by atoms with E-state index in [1.165, 1.54) is 22.5 Å². The number of thioether (sulfide) groups is 1. The fraction of sp³-hybridized carbons (Fsp3) is 0.167. The Kier molecular flexibility index (Phi) is 5.26. The molecule has 0 spiro atoms. The standard InChI is InChI=1S/C24H20N4O2S/c1-2-30-19-12-4-3-11-18(19)25-20(29)13-14-31-24-26-22-16-9-5-7-15-8-6-10-17(21(15)16)23(22)27-28-24/h3-12H,2,13-14H2,1H3,(H,25,29). The molecule has 0 saturated heterocycles. The molecule has 0 aliphatic heterocycles. The molecule has 1 aliphatic rings. The minimum Gasteiger partial charge on any atom is -0.492 e. The molecule has 5 rings (SSSR count). The van der Waals surface area contributed by atoms with Crippen LogP contribution in [0.2, 0.25) is 0 Å². The number of carbonyl (C=O) groups excluding carboxylic acids is 1. The highest BCUT2D eigenvalue weighted by Crippen LogP contribution is 2.44. The van der Waals surface area contributed by atoms with Gasteiger partial charge in [0, 0.05) is 28.7 Å². The van der Waals surface area contributed by atoms with E-state index in [9.17, 15) is 4.79 Å². The second kappa shape index (κ2) is 8.35. The van der Waals surface area contributed by atoms with Crippen LogP contribution in [-0.4, -0.2) is 33.4 Å². The summed E-state index contributed by atoms with van der Waals surface area (Å²) in [6.45, 7) is 2.46. The number of hydrogen-bond donors (Lipinski definition) is 1. The van der Waals surface area contributed by atoms with E-state index in [1.54, 1.807) is 0 Å². The Bertz CT molecular complexity index is 1290. The first-order valence-corrected chi connectivity index (χ1v) is 11.1. The summed E-state index contributed by atoms with van der Waals surface area (Å²) < 4.78 is 5.56. The number of para-hydroxylation sites is 2. The molecule has 0 bridgehead atoms. The van der Waals surface area contributed by atoms with Crippen molar-refractivity contribution in [1.82, 2.24) is 15.2 Å². The number of fused-ring (bicyclic) bond motifs is 3. The van der Waals surface area contributed by atoms with Gasteiger partial charge in [-0.05, 0) is 24.4 Å². The van der Waals surface area contributed by atoms with Crippen LogP contribution in [0.1, 0.15) is 13.3 Å². The maximum absolute atomic E-state index is 12.4. The van der Waals surface area contributed by atoms with Gasteiger partial charge in [-0.1, -0.05) is 60.3 Å². The Labute approximate surface area is 184 Å². The van der Waals surface area contributed by atoms with Crippen LogP contribution in [0.25, 0.3) is 33.3 Å². The van der Waals surface area contributed by atoms with Gasteiger partial charge in [0.05, 0.1) is 12.3 Å². The van der Waals surface area contributed by atoms with Crippen molar-refractivity contribution in [1.29, 1.82) is 0 Å². The third kappa shape index (κ3) is 3.72. The lowest BCUT2D eigenvalue weighted by Crippen LogP contribution is -2.13. The van der Waals surface area contributed by atoms with Gasteiger partial charge in [-0.15, -0.1) is 10.2 Å². The highest BCUT2D eigenvalue weighted by molar-refractivity contribution is 7.99. The van der Waals surface area contributed by atoms with Crippen molar-refractivity contribution in [3.63, 3.8) is 0 Å². The predicted molar refractivity (Wildman–Crippen MR) is 123 cm³/mol. The lowest BCUT2D eigenvalue weighted by Gasteiger charge is -2.11. The molecule has 0 fully saturated rings. The van der Waals surface area contributed by atoms with Crippen molar-refractivity contribution in [2.45, 2.75) is 18.5 Å². The van der Waals surface area contributed by atoms with Crippen molar-refractivity contribution >= 4 is 34.1 Å². The fourth-order valence-electron chi connectivity index (χ4n) is 3.78. The van der Waals surface area contributed by atoms with Gasteiger partial charge in [0.25, 0.3) is 0 Å². The molecule has 7 heteroatoms. The fourth-order valence-corrected chi connectivity index (χ4v) is 4.50. The third-order valence-electron chi connectivity index (χ3n) is 5.10. The van der Waals surface area contributed by atoms with Crippen LogP contribution >= 0.6 is 11.8 Å². The van der Waals surface area contributed by atoms with Crippen molar-refractivity contribution in [3.05, 3.63) is 60.7 Å². The van der Waals surface area contributed by atoms with Gasteiger partial charge in [0.15, 0.2) is 0 Å². The number of hydrogen-bond acceptors (Lipinski definition) is 6. The second-order valence-electron chi connectivity index (χ2n) is 7.08. The molecule has 0 radical (unpaired) electrons. The Morgan fingerprint density at radius 1 is 0.968 bits per heavy atom. The molecule has 154 valence electrons. The molecule has 6 nitrogen and oxygen atoms in total. The molecule has 31 heavy (non-hydrogen) atoms. The summed E-state index contributed by atoms with van der Waals surface area (Å²) in [6, 6.07) is 19.8. The van der Waals surface area contributed by atoms with E-state index in [-0.39, 0.29) is 5.91 Å². The topological polar surface area (TPSA) is 77.0 Å². The smallest absolute Gasteiger partial charge is 0.225 e. The van der Waals surface area contributed by atoms with Crippen molar-refractivity contribution in [2.75, 3.05) is 17.7 Å². The number of nitrogens with one attached hydrogen (secondary N) is 1. The predicted octanol–water partition coefficient (Wildman–Crippen LogP) is 5.19. The summed E-state index contributed by atoms with van der Waals surface area (Å²) in [6.07, 6.45) is 0.335. The molecule has 4 aromatic rings. The number of nitrogens with zero attached hydrogens (tertiary/aromatic N) is 3. The molecule has 1 amide bonds. The molecule has 0 saturated carbocycles. The van der Waals surface area contributed by atoms with Gasteiger partial charge in [0.1, 0.15) is 17.1 Å². The molecule has 1 N–H and O–H groups in total. The summed E-state index contributed by atoms with van der Waals surface area (Å²) in [5, 5.41) is 14.6. The molecule has 0 atom stereocenters. The van der Waals surface area contributed by atoms with E-state index >= 15 is 0 Å². The molecule has 3 aromatic carbocycles. The summed E-state index contributed by atoms with van der Waals surface area (Å²) in [5.41, 5.74) is 4.53. The van der Waals surface area contributed by atoms with Crippen molar-refractivity contribution in [2.24, 2.45) is 0 Å². The zero-order valence-electron chi connectivity index (χ0n) is 17.0. The minimum atomic E-state index is -0.0778. The summed E-state index contributed by atoms with van der Waals surface area (Å²) >= 11 is 1.43. The van der Waals surface area contributed by atoms with Gasteiger partial charge < -0.3 is 10.1 Å². The maximum Gasteiger partial charge on any atom is 0.225 e. The molecular weight excluding hydrogens is 408 g/mol. The van der Waals surface area contributed by atoms with Crippen LogP contribution < -0.4 is 10.1 Å². The van der Waals surface area contributed by atoms with Gasteiger partial charge >= 0.3 is 0 Å². The van der Waals surface area contributed by atoms with E-state index in [2.05, 4.69) is 39.8 Å². The highest BCUT2D eigenvalue weighted by Gasteiger charge is 2.24. The molecule has 1 aliphatic carbocycles. The van der Waals surface area contributed by atoms with Crippen LogP contribution in [0.3, 0.4) is 0 Å². The van der Waals surface area contributed by atoms with Gasteiger partial charge in [0.2, 0.25) is 11.1 Å². The zero-order valence-corrected chi connectivity index (χ0v) is 17.8. The Morgan fingerprint density at radius 3 is 2.55 bits per heavy atom. The number of amides is 1. The second-order valence-corrected chi connectivity index (χ2v) is 8.14. The molecule has 0 unspecified atom stereocenters. The van der Waals surface area contributed by atoms with E-state index in [0.717, 1.165) is 22.5 Å². The average Bonchev–Trinajstić information content (AvgIpc) is 3.11. The highest BCUT2D eigenvalue weighted by atomic mass is 32.2. The zero-order chi connectivity index (χ0) is 21.2. The average molecular weight is 429 g/mol. The van der Waals surface area contributed by atoms with Crippen LogP contribution in [0.15, 0.2) is 65.8 Å². The number of aromatic nitrogens is 3. The summed E-state index contributed by atoms with van der Waals surface area (Å²) in [7, 11) is 0. The quantitative estimate of drug-likeness (QED) is 0.360.